The highest BCUT2D eigenvalue weighted by atomic mass is 32.2. The van der Waals surface area contributed by atoms with Gasteiger partial charge in [0.25, 0.3) is 0 Å². The SMILES string of the molecule is COc1cccc(CC(=O)N2CCc3ccc(NC(=O)C4Cc5ccccc5S4)cc32)c1. The molecule has 1 unspecified atom stereocenters. The Hall–Kier alpha value is -3.25. The molecule has 0 fully saturated rings. The number of nitrogens with one attached hydrogen (secondary N) is 1. The zero-order valence-electron chi connectivity index (χ0n) is 17.8. The van der Waals surface area contributed by atoms with Crippen molar-refractivity contribution >= 4 is 35.0 Å². The normalized spacial score (nSPS) is 16.4. The molecule has 32 heavy (non-hydrogen) atoms. The van der Waals surface area contributed by atoms with Gasteiger partial charge in [0.05, 0.1) is 18.8 Å². The van der Waals surface area contributed by atoms with Gasteiger partial charge in [0.1, 0.15) is 5.75 Å². The molecule has 1 N–H and O–H groups in total. The van der Waals surface area contributed by atoms with Gasteiger partial charge in [-0.25, -0.2) is 0 Å². The molecule has 0 radical (unpaired) electrons. The van der Waals surface area contributed by atoms with E-state index in [1.54, 1.807) is 18.9 Å². The number of nitrogens with zero attached hydrogens (tertiary/aromatic N) is 1. The number of thioether (sulfide) groups is 1. The van der Waals surface area contributed by atoms with E-state index in [2.05, 4.69) is 17.4 Å². The smallest absolute Gasteiger partial charge is 0.238 e. The third kappa shape index (κ3) is 4.10. The lowest BCUT2D eigenvalue weighted by Gasteiger charge is -2.19. The van der Waals surface area contributed by atoms with Crippen LogP contribution in [0.5, 0.6) is 5.75 Å². The number of hydrogen-bond donors (Lipinski definition) is 1. The van der Waals surface area contributed by atoms with E-state index in [-0.39, 0.29) is 17.1 Å². The second-order valence-corrected chi connectivity index (χ2v) is 9.32. The van der Waals surface area contributed by atoms with Crippen LogP contribution in [0.4, 0.5) is 11.4 Å². The lowest BCUT2D eigenvalue weighted by molar-refractivity contribution is -0.118. The number of methoxy groups -OCH3 is 1. The molecule has 0 aliphatic carbocycles. The third-order valence-corrected chi connectivity index (χ3v) is 7.30. The van der Waals surface area contributed by atoms with Crippen LogP contribution >= 0.6 is 11.8 Å². The van der Waals surface area contributed by atoms with E-state index < -0.39 is 0 Å². The Morgan fingerprint density at radius 3 is 2.78 bits per heavy atom. The summed E-state index contributed by atoms with van der Waals surface area (Å²) in [6, 6.07) is 21.6. The highest BCUT2D eigenvalue weighted by Gasteiger charge is 2.29. The first-order chi connectivity index (χ1) is 15.6. The van der Waals surface area contributed by atoms with Crippen LogP contribution in [0.2, 0.25) is 0 Å². The first-order valence-corrected chi connectivity index (χ1v) is 11.6. The fraction of sp³-hybridized carbons (Fsp3) is 0.231. The zero-order chi connectivity index (χ0) is 22.1. The summed E-state index contributed by atoms with van der Waals surface area (Å²) in [6.07, 6.45) is 1.87. The molecule has 0 saturated carbocycles. The molecule has 0 aromatic heterocycles. The van der Waals surface area contributed by atoms with Gasteiger partial charge in [-0.2, -0.15) is 0 Å². The van der Waals surface area contributed by atoms with Gasteiger partial charge >= 0.3 is 0 Å². The number of fused-ring (bicyclic) bond motifs is 2. The van der Waals surface area contributed by atoms with Crippen LogP contribution in [0.1, 0.15) is 16.7 Å². The largest absolute Gasteiger partial charge is 0.497 e. The average Bonchev–Trinajstić information content (AvgIpc) is 3.43. The van der Waals surface area contributed by atoms with Crippen molar-refractivity contribution in [1.82, 2.24) is 0 Å². The molecule has 1 atom stereocenters. The second kappa shape index (κ2) is 8.71. The average molecular weight is 445 g/mol. The predicted octanol–water partition coefficient (Wildman–Crippen LogP) is 4.48. The van der Waals surface area contributed by atoms with Crippen LogP contribution in [0.25, 0.3) is 0 Å². The standard InChI is InChI=1S/C26H24N2O3S/c1-31-21-7-4-5-17(13-21)14-25(29)28-12-11-18-9-10-20(16-22(18)28)27-26(30)24-15-19-6-2-3-8-23(19)32-24/h2-10,13,16,24H,11-12,14-15H2,1H3,(H,27,30). The van der Waals surface area contributed by atoms with E-state index in [1.807, 2.05) is 59.5 Å². The predicted molar refractivity (Wildman–Crippen MR) is 128 cm³/mol. The molecule has 3 aromatic rings. The zero-order valence-corrected chi connectivity index (χ0v) is 18.7. The van der Waals surface area contributed by atoms with Crippen LogP contribution in [-0.4, -0.2) is 30.7 Å². The molecule has 2 amide bonds. The van der Waals surface area contributed by atoms with Crippen molar-refractivity contribution < 1.29 is 14.3 Å². The molecule has 0 spiro atoms. The maximum Gasteiger partial charge on any atom is 0.238 e. The van der Waals surface area contributed by atoms with Crippen LogP contribution in [0.15, 0.2) is 71.6 Å². The van der Waals surface area contributed by atoms with Crippen LogP contribution in [-0.2, 0) is 28.9 Å². The first-order valence-electron chi connectivity index (χ1n) is 10.7. The van der Waals surface area contributed by atoms with Gasteiger partial charge in [0.15, 0.2) is 0 Å². The Labute approximate surface area is 191 Å². The number of carbonyl (C=O) groups is 2. The van der Waals surface area contributed by atoms with E-state index in [9.17, 15) is 9.59 Å². The lowest BCUT2D eigenvalue weighted by Crippen LogP contribution is -2.30. The highest BCUT2D eigenvalue weighted by molar-refractivity contribution is 8.01. The van der Waals surface area contributed by atoms with Crippen LogP contribution in [0, 0.1) is 0 Å². The lowest BCUT2D eigenvalue weighted by atomic mass is 10.1. The summed E-state index contributed by atoms with van der Waals surface area (Å²) in [5.74, 6) is 0.787. The molecule has 6 heteroatoms. The fourth-order valence-corrected chi connectivity index (χ4v) is 5.51. The second-order valence-electron chi connectivity index (χ2n) is 8.07. The topological polar surface area (TPSA) is 58.6 Å². The number of amides is 2. The molecule has 2 aliphatic rings. The summed E-state index contributed by atoms with van der Waals surface area (Å²) in [5, 5.41) is 2.93. The highest BCUT2D eigenvalue weighted by Crippen LogP contribution is 2.38. The fourth-order valence-electron chi connectivity index (χ4n) is 4.32. The molecular weight excluding hydrogens is 420 g/mol. The maximum atomic E-state index is 13.0. The van der Waals surface area contributed by atoms with Crippen molar-refractivity contribution in [3.8, 4) is 5.75 Å². The molecule has 162 valence electrons. The summed E-state index contributed by atoms with van der Waals surface area (Å²) in [5.41, 5.74) is 4.89. The Morgan fingerprint density at radius 1 is 1.06 bits per heavy atom. The maximum absolute atomic E-state index is 13.0. The van der Waals surface area contributed by atoms with E-state index in [0.29, 0.717) is 13.0 Å². The Kier molecular flexibility index (Phi) is 5.62. The van der Waals surface area contributed by atoms with Gasteiger partial charge in [0, 0.05) is 22.8 Å². The molecule has 5 rings (SSSR count). The van der Waals surface area contributed by atoms with Crippen molar-refractivity contribution in [2.24, 2.45) is 0 Å². The summed E-state index contributed by atoms with van der Waals surface area (Å²) in [7, 11) is 1.62. The molecular formula is C26H24N2O3S. The van der Waals surface area contributed by atoms with Crippen molar-refractivity contribution in [2.75, 3.05) is 23.9 Å². The molecule has 2 aliphatic heterocycles. The summed E-state index contributed by atoms with van der Waals surface area (Å²) in [4.78, 5) is 28.9. The van der Waals surface area contributed by atoms with Gasteiger partial charge in [-0.15, -0.1) is 11.8 Å². The minimum Gasteiger partial charge on any atom is -0.497 e. The first kappa shape index (κ1) is 20.6. The summed E-state index contributed by atoms with van der Waals surface area (Å²) >= 11 is 1.61. The Bertz CT molecular complexity index is 1170. The van der Waals surface area contributed by atoms with E-state index in [4.69, 9.17) is 4.74 Å². The monoisotopic (exact) mass is 444 g/mol. The summed E-state index contributed by atoms with van der Waals surface area (Å²) in [6.45, 7) is 0.656. The van der Waals surface area contributed by atoms with Gasteiger partial charge in [0.2, 0.25) is 11.8 Å². The molecule has 3 aromatic carbocycles. The van der Waals surface area contributed by atoms with Crippen molar-refractivity contribution in [3.63, 3.8) is 0 Å². The van der Waals surface area contributed by atoms with Crippen LogP contribution < -0.4 is 15.0 Å². The summed E-state index contributed by atoms with van der Waals surface area (Å²) < 4.78 is 5.27. The Morgan fingerprint density at radius 2 is 1.94 bits per heavy atom. The minimum absolute atomic E-state index is 0.00148. The third-order valence-electron chi connectivity index (χ3n) is 5.98. The van der Waals surface area contributed by atoms with E-state index in [0.717, 1.165) is 41.1 Å². The number of benzene rings is 3. The van der Waals surface area contributed by atoms with E-state index in [1.165, 1.54) is 10.5 Å². The number of rotatable bonds is 5. The molecule has 0 bridgehead atoms. The van der Waals surface area contributed by atoms with Gasteiger partial charge in [-0.1, -0.05) is 36.4 Å². The van der Waals surface area contributed by atoms with Crippen molar-refractivity contribution in [1.29, 1.82) is 0 Å². The number of ether oxygens (including phenoxy) is 1. The van der Waals surface area contributed by atoms with Gasteiger partial charge in [-0.05, 0) is 59.9 Å². The minimum atomic E-state index is -0.133. The molecule has 2 heterocycles. The molecule has 0 saturated heterocycles. The van der Waals surface area contributed by atoms with Crippen LogP contribution in [0.3, 0.4) is 0 Å². The van der Waals surface area contributed by atoms with Gasteiger partial charge < -0.3 is 15.0 Å². The number of carbonyl (C=O) groups excluding carboxylic acids is 2. The number of anilines is 2. The van der Waals surface area contributed by atoms with Gasteiger partial charge in [-0.3, -0.25) is 9.59 Å². The van der Waals surface area contributed by atoms with Crippen molar-refractivity contribution in [3.05, 3.63) is 83.4 Å². The quantitative estimate of drug-likeness (QED) is 0.630. The Balaban J connectivity index is 1.28. The van der Waals surface area contributed by atoms with Crippen molar-refractivity contribution in [2.45, 2.75) is 29.4 Å². The van der Waals surface area contributed by atoms with E-state index >= 15 is 0 Å². The molecule has 5 nitrogen and oxygen atoms in total. The number of hydrogen-bond acceptors (Lipinski definition) is 4.